The van der Waals surface area contributed by atoms with Gasteiger partial charge in [-0.2, -0.15) is 0 Å². The Labute approximate surface area is 321 Å². The molecule has 302 valence electrons. The van der Waals surface area contributed by atoms with Crippen molar-refractivity contribution in [3.05, 3.63) is 47.5 Å². The van der Waals surface area contributed by atoms with Gasteiger partial charge in [0.15, 0.2) is 0 Å². The number of benzene rings is 2. The molecular weight excluding hydrogens is 716 g/mol. The van der Waals surface area contributed by atoms with Crippen LogP contribution in [0.1, 0.15) is 65.6 Å². The number of nitrogens with one attached hydrogen (secondary N) is 4. The zero-order valence-corrected chi connectivity index (χ0v) is 33.0. The fraction of sp³-hybridized carbons (Fsp3) is 0.526. The third-order valence-electron chi connectivity index (χ3n) is 7.91. The lowest BCUT2D eigenvalue weighted by atomic mass is 9.93. The molecule has 0 spiro atoms. The normalized spacial score (nSPS) is 17.3. The number of fused-ring (bicyclic) bond motifs is 5. The van der Waals surface area contributed by atoms with Gasteiger partial charge in [-0.3, -0.25) is 14.4 Å². The van der Waals surface area contributed by atoms with Crippen LogP contribution in [0.2, 0.25) is 0 Å². The topological polar surface area (TPSA) is 226 Å². The maximum absolute atomic E-state index is 13.9. The van der Waals surface area contributed by atoms with Gasteiger partial charge in [-0.05, 0) is 83.9 Å². The van der Waals surface area contributed by atoms with Crippen LogP contribution in [0.25, 0.3) is 11.1 Å². The Morgan fingerprint density at radius 3 is 1.85 bits per heavy atom. The molecule has 0 aromatic heterocycles. The summed E-state index contributed by atoms with van der Waals surface area (Å²) in [5, 5.41) is 10.6. The van der Waals surface area contributed by atoms with Crippen molar-refractivity contribution < 1.29 is 52.5 Å². The van der Waals surface area contributed by atoms with Crippen molar-refractivity contribution in [3.8, 4) is 22.6 Å². The van der Waals surface area contributed by atoms with Gasteiger partial charge in [-0.1, -0.05) is 12.1 Å². The van der Waals surface area contributed by atoms with E-state index in [1.807, 2.05) is 0 Å². The molecule has 3 atom stereocenters. The SMILES string of the molecule is COC(=O)[C@@H]1Cc2ccc(OCCNC(=O)OC(C)(C)C)c(c2)-c2cc(ccc2OCCNC(=O)OC(C)(C)C)[C@H](N(C)C(=O)CN)C(=O)N[C@@H](C)C(=O)N1. The number of carbonyl (C=O) groups excluding carboxylic acids is 6. The number of nitrogens with zero attached hydrogens (tertiary/aromatic N) is 1. The molecule has 1 heterocycles. The highest BCUT2D eigenvalue weighted by Gasteiger charge is 2.33. The van der Waals surface area contributed by atoms with Crippen LogP contribution < -0.4 is 36.5 Å². The maximum atomic E-state index is 13.9. The lowest BCUT2D eigenvalue weighted by Gasteiger charge is -2.30. The highest BCUT2D eigenvalue weighted by molar-refractivity contribution is 5.94. The van der Waals surface area contributed by atoms with E-state index in [9.17, 15) is 28.8 Å². The molecule has 1 aliphatic heterocycles. The van der Waals surface area contributed by atoms with Crippen molar-refractivity contribution in [2.75, 3.05) is 47.0 Å². The molecule has 0 aliphatic carbocycles. The Kier molecular flexibility index (Phi) is 15.3. The minimum Gasteiger partial charge on any atom is -0.491 e. The van der Waals surface area contributed by atoms with E-state index < -0.39 is 71.7 Å². The number of likely N-dealkylation sites (N-methyl/N-ethyl adjacent to an activating group) is 1. The average Bonchev–Trinajstić information content (AvgIpc) is 3.09. The van der Waals surface area contributed by atoms with E-state index in [2.05, 4.69) is 21.3 Å². The third-order valence-corrected chi connectivity index (χ3v) is 7.91. The lowest BCUT2D eigenvalue weighted by Crippen LogP contribution is -2.53. The first-order valence-electron chi connectivity index (χ1n) is 17.8. The predicted octanol–water partition coefficient (Wildman–Crippen LogP) is 2.34. The summed E-state index contributed by atoms with van der Waals surface area (Å²) >= 11 is 0. The summed E-state index contributed by atoms with van der Waals surface area (Å²) in [4.78, 5) is 78.8. The van der Waals surface area contributed by atoms with Crippen molar-refractivity contribution in [2.24, 2.45) is 5.73 Å². The van der Waals surface area contributed by atoms with E-state index in [-0.39, 0.29) is 32.7 Å². The monoisotopic (exact) mass is 770 g/mol. The van der Waals surface area contributed by atoms with E-state index in [4.69, 9.17) is 29.4 Å². The van der Waals surface area contributed by atoms with E-state index in [0.717, 1.165) is 0 Å². The molecule has 5 amide bonds. The zero-order chi connectivity index (χ0) is 41.1. The van der Waals surface area contributed by atoms with E-state index in [0.29, 0.717) is 33.8 Å². The minimum absolute atomic E-state index is 0.00138. The largest absolute Gasteiger partial charge is 0.491 e. The number of methoxy groups -OCH3 is 1. The van der Waals surface area contributed by atoms with Gasteiger partial charge in [-0.15, -0.1) is 0 Å². The van der Waals surface area contributed by atoms with Crippen LogP contribution in [0.4, 0.5) is 9.59 Å². The summed E-state index contributed by atoms with van der Waals surface area (Å²) in [5.41, 5.74) is 6.09. The number of carbonyl (C=O) groups is 6. The van der Waals surface area contributed by atoms with Gasteiger partial charge in [0.2, 0.25) is 17.7 Å². The molecule has 2 aromatic rings. The number of hydrogen-bond donors (Lipinski definition) is 5. The van der Waals surface area contributed by atoms with Crippen LogP contribution in [0.15, 0.2) is 36.4 Å². The number of ether oxygens (including phenoxy) is 5. The number of alkyl carbamates (subject to hydrolysis) is 2. The number of esters is 1. The molecule has 6 N–H and O–H groups in total. The molecule has 1 aliphatic rings. The van der Waals surface area contributed by atoms with Crippen LogP contribution in [0.3, 0.4) is 0 Å². The van der Waals surface area contributed by atoms with Crippen LogP contribution in [-0.4, -0.2) is 111 Å². The smallest absolute Gasteiger partial charge is 0.407 e. The Balaban J connectivity index is 2.18. The van der Waals surface area contributed by atoms with Gasteiger partial charge < -0.3 is 55.6 Å². The summed E-state index contributed by atoms with van der Waals surface area (Å²) in [7, 11) is 2.61. The van der Waals surface area contributed by atoms with Crippen molar-refractivity contribution in [2.45, 2.75) is 84.2 Å². The highest BCUT2D eigenvalue weighted by atomic mass is 16.6. The standard InChI is InChI=1S/C38H54N6O11/c1-22-32(46)43-27(34(48)51-9)19-23-10-12-28(52-16-14-40-35(49)54-37(2,3)4)25(18-23)26-20-24(31(33(47)42-22)44(8)30(45)21-39)11-13-29(26)53-17-15-41-36(50)55-38(5,6)7/h10-13,18,20,22,27,31H,14-17,19,21,39H2,1-9H3,(H,40,49)(H,41,50)(H,42,47)(H,43,46)/t22-,27-,31-/m0/s1. The van der Waals surface area contributed by atoms with Crippen molar-refractivity contribution in [1.29, 1.82) is 0 Å². The molecule has 17 nitrogen and oxygen atoms in total. The lowest BCUT2D eigenvalue weighted by molar-refractivity contribution is -0.145. The van der Waals surface area contributed by atoms with Crippen LogP contribution in [0.5, 0.6) is 11.5 Å². The number of hydrogen-bond acceptors (Lipinski definition) is 12. The van der Waals surface area contributed by atoms with E-state index in [1.54, 1.807) is 77.9 Å². The number of amides is 5. The first kappa shape index (κ1) is 43.8. The molecule has 17 heteroatoms. The van der Waals surface area contributed by atoms with E-state index in [1.165, 1.54) is 26.0 Å². The number of rotatable bonds is 11. The molecule has 3 rings (SSSR count). The second-order valence-corrected chi connectivity index (χ2v) is 14.8. The van der Waals surface area contributed by atoms with Crippen LogP contribution in [0, 0.1) is 0 Å². The first-order chi connectivity index (χ1) is 25.7. The summed E-state index contributed by atoms with van der Waals surface area (Å²) in [6, 6.07) is 6.45. The summed E-state index contributed by atoms with van der Waals surface area (Å²) in [6.45, 7) is 11.7. The van der Waals surface area contributed by atoms with Gasteiger partial charge in [0.05, 0.1) is 26.7 Å². The predicted molar refractivity (Wildman–Crippen MR) is 201 cm³/mol. The quantitative estimate of drug-likeness (QED) is 0.126. The Bertz CT molecular complexity index is 1720. The van der Waals surface area contributed by atoms with Gasteiger partial charge in [0.25, 0.3) is 0 Å². The summed E-state index contributed by atoms with van der Waals surface area (Å²) < 4.78 is 28.0. The minimum atomic E-state index is -1.27. The highest BCUT2D eigenvalue weighted by Crippen LogP contribution is 2.40. The molecular formula is C38H54N6O11. The van der Waals surface area contributed by atoms with Gasteiger partial charge in [-0.25, -0.2) is 14.4 Å². The second kappa shape index (κ2) is 19.1. The molecule has 0 radical (unpaired) electrons. The molecule has 0 saturated heterocycles. The van der Waals surface area contributed by atoms with Crippen LogP contribution >= 0.6 is 0 Å². The van der Waals surface area contributed by atoms with Crippen molar-refractivity contribution in [3.63, 3.8) is 0 Å². The van der Waals surface area contributed by atoms with Crippen LogP contribution in [-0.2, 0) is 39.8 Å². The first-order valence-corrected chi connectivity index (χ1v) is 17.8. The van der Waals surface area contributed by atoms with E-state index >= 15 is 0 Å². The molecule has 0 saturated carbocycles. The molecule has 55 heavy (non-hydrogen) atoms. The zero-order valence-electron chi connectivity index (χ0n) is 33.0. The fourth-order valence-electron chi connectivity index (χ4n) is 5.42. The summed E-state index contributed by atoms with van der Waals surface area (Å²) in [6.07, 6.45) is -1.25. The number of nitrogens with two attached hydrogens (primary N) is 1. The third kappa shape index (κ3) is 13.3. The van der Waals surface area contributed by atoms with Crippen molar-refractivity contribution in [1.82, 2.24) is 26.2 Å². The maximum Gasteiger partial charge on any atom is 0.407 e. The average molecular weight is 771 g/mol. The van der Waals surface area contributed by atoms with Crippen molar-refractivity contribution >= 4 is 35.9 Å². The Hall–Kier alpha value is -5.58. The molecule has 2 aromatic carbocycles. The Morgan fingerprint density at radius 2 is 1.35 bits per heavy atom. The van der Waals surface area contributed by atoms with Gasteiger partial charge in [0.1, 0.15) is 54.0 Å². The molecule has 0 fully saturated rings. The fourth-order valence-corrected chi connectivity index (χ4v) is 5.42. The van der Waals surface area contributed by atoms with Gasteiger partial charge in [0, 0.05) is 24.6 Å². The Morgan fingerprint density at radius 1 is 0.818 bits per heavy atom. The summed E-state index contributed by atoms with van der Waals surface area (Å²) in [5.74, 6) is -1.98. The second-order valence-electron chi connectivity index (χ2n) is 14.8. The molecule has 0 unspecified atom stereocenters. The van der Waals surface area contributed by atoms with Gasteiger partial charge >= 0.3 is 18.2 Å². The molecule has 4 bridgehead atoms.